The lowest BCUT2D eigenvalue weighted by molar-refractivity contribution is -0.137. The molecule has 1 aromatic rings. The molecular formula is C15H20F3NO2. The van der Waals surface area contributed by atoms with Gasteiger partial charge >= 0.3 is 6.18 Å². The third-order valence-corrected chi connectivity index (χ3v) is 3.38. The molecule has 0 bridgehead atoms. The van der Waals surface area contributed by atoms with E-state index >= 15 is 0 Å². The maximum absolute atomic E-state index is 12.4. The number of nitrogens with one attached hydrogen (secondary N) is 1. The summed E-state index contributed by atoms with van der Waals surface area (Å²) in [5, 5.41) is 3.27. The van der Waals surface area contributed by atoms with Crippen molar-refractivity contribution in [3.05, 3.63) is 29.8 Å². The van der Waals surface area contributed by atoms with Gasteiger partial charge in [0.15, 0.2) is 0 Å². The van der Waals surface area contributed by atoms with Crippen molar-refractivity contribution < 1.29 is 22.6 Å². The van der Waals surface area contributed by atoms with Gasteiger partial charge in [0, 0.05) is 6.42 Å². The van der Waals surface area contributed by atoms with Gasteiger partial charge in [0.25, 0.3) is 0 Å². The van der Waals surface area contributed by atoms with Gasteiger partial charge in [-0.15, -0.1) is 0 Å². The molecule has 1 fully saturated rings. The second-order valence-electron chi connectivity index (χ2n) is 5.04. The average Bonchev–Trinajstić information content (AvgIpc) is 2.47. The van der Waals surface area contributed by atoms with Gasteiger partial charge in [-0.2, -0.15) is 13.2 Å². The second kappa shape index (κ2) is 7.66. The van der Waals surface area contributed by atoms with Crippen molar-refractivity contribution in [1.29, 1.82) is 0 Å². The molecule has 1 heterocycles. The van der Waals surface area contributed by atoms with E-state index in [1.54, 1.807) is 0 Å². The Bertz CT molecular complexity index is 414. The summed E-state index contributed by atoms with van der Waals surface area (Å²) in [4.78, 5) is 0. The normalized spacial score (nSPS) is 16.9. The van der Waals surface area contributed by atoms with Gasteiger partial charge in [0.2, 0.25) is 0 Å². The number of ether oxygens (including phenoxy) is 2. The predicted molar refractivity (Wildman–Crippen MR) is 73.4 cm³/mol. The third-order valence-electron chi connectivity index (χ3n) is 3.38. The third kappa shape index (κ3) is 5.55. The quantitative estimate of drug-likeness (QED) is 0.818. The van der Waals surface area contributed by atoms with Crippen LogP contribution in [0.5, 0.6) is 5.75 Å². The van der Waals surface area contributed by atoms with Crippen LogP contribution < -0.4 is 10.1 Å². The lowest BCUT2D eigenvalue weighted by atomic mass is 10.1. The molecule has 3 nitrogen and oxygen atoms in total. The molecule has 118 valence electrons. The van der Waals surface area contributed by atoms with Crippen molar-refractivity contribution in [3.63, 3.8) is 0 Å². The zero-order valence-corrected chi connectivity index (χ0v) is 11.8. The van der Waals surface area contributed by atoms with Crippen LogP contribution in [0.4, 0.5) is 13.2 Å². The molecule has 0 amide bonds. The Kier molecular flexibility index (Phi) is 5.87. The van der Waals surface area contributed by atoms with Gasteiger partial charge in [-0.05, 0) is 50.2 Å². The molecule has 0 aliphatic carbocycles. The van der Waals surface area contributed by atoms with Crippen molar-refractivity contribution >= 4 is 0 Å². The molecule has 0 atom stereocenters. The Morgan fingerprint density at radius 2 is 1.71 bits per heavy atom. The van der Waals surface area contributed by atoms with Crippen LogP contribution in [0.2, 0.25) is 0 Å². The second-order valence-corrected chi connectivity index (χ2v) is 5.04. The van der Waals surface area contributed by atoms with Crippen molar-refractivity contribution in [2.75, 3.05) is 26.3 Å². The molecule has 1 aliphatic rings. The first-order chi connectivity index (χ1) is 10.1. The summed E-state index contributed by atoms with van der Waals surface area (Å²) in [5.41, 5.74) is -0.663. The summed E-state index contributed by atoms with van der Waals surface area (Å²) < 4.78 is 48.3. The minimum absolute atomic E-state index is 0.317. The monoisotopic (exact) mass is 303 g/mol. The summed E-state index contributed by atoms with van der Waals surface area (Å²) >= 11 is 0. The van der Waals surface area contributed by atoms with Gasteiger partial charge in [0.05, 0.1) is 24.9 Å². The minimum Gasteiger partial charge on any atom is -0.494 e. The molecule has 21 heavy (non-hydrogen) atoms. The fraction of sp³-hybridized carbons (Fsp3) is 0.600. The highest BCUT2D eigenvalue weighted by Crippen LogP contribution is 2.30. The van der Waals surface area contributed by atoms with E-state index in [0.29, 0.717) is 25.1 Å². The van der Waals surface area contributed by atoms with Gasteiger partial charge in [-0.1, -0.05) is 0 Å². The molecule has 0 radical (unpaired) electrons. The standard InChI is InChI=1S/C15H20F3NO2/c16-15(17,18)12-2-4-13(5-3-12)20-10-1-11-21-14-6-8-19-9-7-14/h2-5,14,19H,1,6-11H2. The number of halogens is 3. The Morgan fingerprint density at radius 1 is 1.05 bits per heavy atom. The highest BCUT2D eigenvalue weighted by molar-refractivity contribution is 5.28. The van der Waals surface area contributed by atoms with Gasteiger partial charge < -0.3 is 14.8 Å². The van der Waals surface area contributed by atoms with E-state index in [2.05, 4.69) is 5.32 Å². The summed E-state index contributed by atoms with van der Waals surface area (Å²) in [7, 11) is 0. The minimum atomic E-state index is -4.30. The zero-order valence-electron chi connectivity index (χ0n) is 11.8. The number of alkyl halides is 3. The topological polar surface area (TPSA) is 30.5 Å². The van der Waals surface area contributed by atoms with Gasteiger partial charge in [-0.25, -0.2) is 0 Å². The molecule has 6 heteroatoms. The van der Waals surface area contributed by atoms with Gasteiger partial charge in [-0.3, -0.25) is 0 Å². The number of piperidine rings is 1. The molecule has 0 aromatic heterocycles. The number of benzene rings is 1. The Labute approximate surface area is 122 Å². The molecule has 0 saturated carbocycles. The van der Waals surface area contributed by atoms with E-state index in [0.717, 1.165) is 44.5 Å². The maximum Gasteiger partial charge on any atom is 0.416 e. The lowest BCUT2D eigenvalue weighted by Gasteiger charge is -2.22. The Morgan fingerprint density at radius 3 is 2.33 bits per heavy atom. The van der Waals surface area contributed by atoms with Gasteiger partial charge in [0.1, 0.15) is 5.75 Å². The van der Waals surface area contributed by atoms with Crippen LogP contribution in [0.3, 0.4) is 0 Å². The van der Waals surface area contributed by atoms with Crippen molar-refractivity contribution in [2.24, 2.45) is 0 Å². The fourth-order valence-electron chi connectivity index (χ4n) is 2.20. The van der Waals surface area contributed by atoms with E-state index in [1.807, 2.05) is 0 Å². The first-order valence-corrected chi connectivity index (χ1v) is 7.18. The highest BCUT2D eigenvalue weighted by atomic mass is 19.4. The first kappa shape index (κ1) is 16.1. The van der Waals surface area contributed by atoms with Crippen LogP contribution >= 0.6 is 0 Å². The number of hydrogen-bond donors (Lipinski definition) is 1. The van der Waals surface area contributed by atoms with Crippen LogP contribution in [-0.2, 0) is 10.9 Å². The van der Waals surface area contributed by atoms with Crippen molar-refractivity contribution in [1.82, 2.24) is 5.32 Å². The lowest BCUT2D eigenvalue weighted by Crippen LogP contribution is -2.32. The predicted octanol–water partition coefficient (Wildman–Crippen LogP) is 3.24. The Hall–Kier alpha value is -1.27. The molecule has 1 saturated heterocycles. The van der Waals surface area contributed by atoms with E-state index in [9.17, 15) is 13.2 Å². The number of hydrogen-bond acceptors (Lipinski definition) is 3. The Balaban J connectivity index is 1.62. The largest absolute Gasteiger partial charge is 0.494 e. The summed E-state index contributed by atoms with van der Waals surface area (Å²) in [6.45, 7) is 3.04. The van der Waals surface area contributed by atoms with E-state index in [1.165, 1.54) is 12.1 Å². The van der Waals surface area contributed by atoms with E-state index in [4.69, 9.17) is 9.47 Å². The molecule has 0 unspecified atom stereocenters. The molecule has 1 aromatic carbocycles. The highest BCUT2D eigenvalue weighted by Gasteiger charge is 2.29. The summed E-state index contributed by atoms with van der Waals surface area (Å²) in [6.07, 6.45) is -1.21. The number of rotatable bonds is 6. The van der Waals surface area contributed by atoms with Crippen LogP contribution in [0.1, 0.15) is 24.8 Å². The molecule has 0 spiro atoms. The summed E-state index contributed by atoms with van der Waals surface area (Å²) in [5.74, 6) is 0.449. The van der Waals surface area contributed by atoms with E-state index < -0.39 is 11.7 Å². The molecule has 1 aliphatic heterocycles. The van der Waals surface area contributed by atoms with Crippen LogP contribution in [0.25, 0.3) is 0 Å². The van der Waals surface area contributed by atoms with Crippen molar-refractivity contribution in [2.45, 2.75) is 31.5 Å². The van der Waals surface area contributed by atoms with Crippen LogP contribution in [-0.4, -0.2) is 32.4 Å². The molecule has 1 N–H and O–H groups in total. The maximum atomic E-state index is 12.4. The summed E-state index contributed by atoms with van der Waals surface area (Å²) in [6, 6.07) is 4.74. The van der Waals surface area contributed by atoms with Crippen molar-refractivity contribution in [3.8, 4) is 5.75 Å². The average molecular weight is 303 g/mol. The smallest absolute Gasteiger partial charge is 0.416 e. The SMILES string of the molecule is FC(F)(F)c1ccc(OCCCOC2CCNCC2)cc1. The molecule has 2 rings (SSSR count). The fourth-order valence-corrected chi connectivity index (χ4v) is 2.20. The van der Waals surface area contributed by atoms with Crippen LogP contribution in [0.15, 0.2) is 24.3 Å². The van der Waals surface area contributed by atoms with E-state index in [-0.39, 0.29) is 0 Å². The first-order valence-electron chi connectivity index (χ1n) is 7.18. The zero-order chi connectivity index (χ0) is 15.1. The van der Waals surface area contributed by atoms with Crippen LogP contribution in [0, 0.1) is 0 Å². The molecular weight excluding hydrogens is 283 g/mol.